The van der Waals surface area contributed by atoms with Gasteiger partial charge in [-0.1, -0.05) is 26.0 Å². The quantitative estimate of drug-likeness (QED) is 0.643. The Bertz CT molecular complexity index is 677. The third-order valence-electron chi connectivity index (χ3n) is 3.49. The van der Waals surface area contributed by atoms with E-state index in [0.29, 0.717) is 12.2 Å². The van der Waals surface area contributed by atoms with Gasteiger partial charge in [-0.05, 0) is 23.6 Å². The third kappa shape index (κ3) is 7.38. The van der Waals surface area contributed by atoms with Crippen LogP contribution in [0.15, 0.2) is 36.9 Å². The lowest BCUT2D eigenvalue weighted by Crippen LogP contribution is -2.46. The van der Waals surface area contributed by atoms with Crippen molar-refractivity contribution in [3.05, 3.63) is 42.5 Å². The fourth-order valence-corrected chi connectivity index (χ4v) is 1.99. The zero-order valence-corrected chi connectivity index (χ0v) is 16.2. The molecule has 0 radical (unpaired) electrons. The number of nitrogens with two attached hydrogens (primary N) is 1. The Kier molecular flexibility index (Phi) is 10.5. The van der Waals surface area contributed by atoms with Crippen molar-refractivity contribution in [3.8, 4) is 0 Å². The van der Waals surface area contributed by atoms with Gasteiger partial charge in [-0.15, -0.1) is 24.8 Å². The summed E-state index contributed by atoms with van der Waals surface area (Å²) in [7, 11) is 0. The van der Waals surface area contributed by atoms with Crippen LogP contribution in [-0.4, -0.2) is 39.2 Å². The molecule has 0 saturated heterocycles. The lowest BCUT2D eigenvalue weighted by atomic mass is 10.1. The fourth-order valence-electron chi connectivity index (χ4n) is 1.99. The molecule has 2 amide bonds. The van der Waals surface area contributed by atoms with E-state index in [2.05, 4.69) is 20.7 Å². The Hall–Kier alpha value is -2.16. The van der Waals surface area contributed by atoms with E-state index >= 15 is 0 Å². The number of nitrogens with zero attached hydrogens (tertiary/aromatic N) is 3. The molecule has 2 aromatic rings. The molecule has 0 aliphatic carbocycles. The van der Waals surface area contributed by atoms with Crippen molar-refractivity contribution < 1.29 is 9.59 Å². The summed E-state index contributed by atoms with van der Waals surface area (Å²) in [6, 6.07) is 6.76. The van der Waals surface area contributed by atoms with E-state index in [1.54, 1.807) is 23.1 Å². The topological polar surface area (TPSA) is 115 Å². The van der Waals surface area contributed by atoms with Crippen LogP contribution < -0.4 is 16.4 Å². The molecule has 1 aromatic carbocycles. The van der Waals surface area contributed by atoms with E-state index in [9.17, 15) is 9.59 Å². The largest absolute Gasteiger partial charge is 0.346 e. The Balaban J connectivity index is 0.00000312. The van der Waals surface area contributed by atoms with E-state index in [4.69, 9.17) is 5.73 Å². The van der Waals surface area contributed by atoms with E-state index in [1.165, 1.54) is 6.33 Å². The van der Waals surface area contributed by atoms with Gasteiger partial charge in [-0.2, -0.15) is 5.10 Å². The molecule has 0 aliphatic heterocycles. The SMILES string of the molecule is CC(C)[C@H](N)C(=O)NCC(=O)Nc1ccc(Cn2cncn2)cc1.Cl.Cl. The van der Waals surface area contributed by atoms with E-state index in [1.807, 2.05) is 26.0 Å². The molecule has 1 heterocycles. The van der Waals surface area contributed by atoms with Crippen LogP contribution in [0.2, 0.25) is 0 Å². The number of nitrogens with one attached hydrogen (secondary N) is 2. The highest BCUT2D eigenvalue weighted by molar-refractivity contribution is 5.95. The summed E-state index contributed by atoms with van der Waals surface area (Å²) in [5, 5.41) is 9.29. The minimum Gasteiger partial charge on any atom is -0.346 e. The number of hydrogen-bond donors (Lipinski definition) is 3. The highest BCUT2D eigenvalue weighted by Crippen LogP contribution is 2.10. The summed E-state index contributed by atoms with van der Waals surface area (Å²) in [5.74, 6) is -0.614. The summed E-state index contributed by atoms with van der Waals surface area (Å²) in [6.45, 7) is 4.20. The van der Waals surface area contributed by atoms with Gasteiger partial charge in [-0.3, -0.25) is 9.59 Å². The van der Waals surface area contributed by atoms with Crippen LogP contribution in [0.4, 0.5) is 5.69 Å². The fraction of sp³-hybridized carbons (Fsp3) is 0.375. The second-order valence-corrected chi connectivity index (χ2v) is 5.83. The van der Waals surface area contributed by atoms with Crippen molar-refractivity contribution in [1.82, 2.24) is 20.1 Å². The molecule has 0 bridgehead atoms. The molecule has 0 spiro atoms. The summed E-state index contributed by atoms with van der Waals surface area (Å²) in [6.07, 6.45) is 3.12. The Morgan fingerprint density at radius 1 is 1.19 bits per heavy atom. The lowest BCUT2D eigenvalue weighted by molar-refractivity contribution is -0.125. The number of hydrogen-bond acceptors (Lipinski definition) is 5. The molecule has 0 unspecified atom stereocenters. The average molecular weight is 403 g/mol. The smallest absolute Gasteiger partial charge is 0.243 e. The standard InChI is InChI=1S/C16H22N6O2.2ClH/c1-11(2)15(17)16(24)19-7-14(23)21-13-5-3-12(4-6-13)8-22-10-18-9-20-22;;/h3-6,9-11,15H,7-8,17H2,1-2H3,(H,19,24)(H,21,23);2*1H/t15-;;/m0../s1. The van der Waals surface area contributed by atoms with E-state index < -0.39 is 6.04 Å². The van der Waals surface area contributed by atoms with Gasteiger partial charge in [0, 0.05) is 5.69 Å². The highest BCUT2D eigenvalue weighted by atomic mass is 35.5. The first-order valence-electron chi connectivity index (χ1n) is 7.70. The molecule has 0 aliphatic rings. The molecule has 8 nitrogen and oxygen atoms in total. The number of halogens is 2. The second-order valence-electron chi connectivity index (χ2n) is 5.83. The Morgan fingerprint density at radius 3 is 2.38 bits per heavy atom. The molecule has 1 atom stereocenters. The molecule has 0 fully saturated rings. The third-order valence-corrected chi connectivity index (χ3v) is 3.49. The van der Waals surface area contributed by atoms with Crippen LogP contribution in [0.3, 0.4) is 0 Å². The van der Waals surface area contributed by atoms with Crippen LogP contribution in [0.25, 0.3) is 0 Å². The summed E-state index contributed by atoms with van der Waals surface area (Å²) in [5.41, 5.74) is 7.41. The normalized spacial score (nSPS) is 11.1. The molecule has 1 aromatic heterocycles. The van der Waals surface area contributed by atoms with Crippen molar-refractivity contribution in [2.75, 3.05) is 11.9 Å². The average Bonchev–Trinajstić information content (AvgIpc) is 3.06. The minimum absolute atomic E-state index is 0. The predicted molar refractivity (Wildman–Crippen MR) is 105 cm³/mol. The Labute approximate surface area is 164 Å². The Morgan fingerprint density at radius 2 is 1.85 bits per heavy atom. The van der Waals surface area contributed by atoms with Crippen molar-refractivity contribution in [2.24, 2.45) is 11.7 Å². The van der Waals surface area contributed by atoms with Crippen LogP contribution in [0.5, 0.6) is 0 Å². The van der Waals surface area contributed by atoms with Crippen LogP contribution in [0.1, 0.15) is 19.4 Å². The van der Waals surface area contributed by atoms with Crippen LogP contribution >= 0.6 is 24.8 Å². The maximum atomic E-state index is 11.9. The van der Waals surface area contributed by atoms with Crippen molar-refractivity contribution in [3.63, 3.8) is 0 Å². The molecule has 144 valence electrons. The van der Waals surface area contributed by atoms with Gasteiger partial charge in [0.1, 0.15) is 12.7 Å². The first-order chi connectivity index (χ1) is 11.5. The molecular weight excluding hydrogens is 379 g/mol. The van der Waals surface area contributed by atoms with Crippen LogP contribution in [-0.2, 0) is 16.1 Å². The second kappa shape index (κ2) is 11.5. The number of carbonyl (C=O) groups is 2. The lowest BCUT2D eigenvalue weighted by Gasteiger charge is -2.15. The zero-order chi connectivity index (χ0) is 17.5. The molecular formula is C16H24Cl2N6O2. The number of aromatic nitrogens is 3. The first-order valence-corrected chi connectivity index (χ1v) is 7.70. The number of anilines is 1. The first kappa shape index (κ1) is 23.8. The number of benzene rings is 1. The van der Waals surface area contributed by atoms with Crippen molar-refractivity contribution >= 4 is 42.3 Å². The maximum absolute atomic E-state index is 11.9. The summed E-state index contributed by atoms with van der Waals surface area (Å²) >= 11 is 0. The van der Waals surface area contributed by atoms with E-state index in [0.717, 1.165) is 5.56 Å². The number of amides is 2. The minimum atomic E-state index is -0.617. The highest BCUT2D eigenvalue weighted by Gasteiger charge is 2.17. The number of rotatable bonds is 7. The van der Waals surface area contributed by atoms with E-state index in [-0.39, 0.29) is 49.1 Å². The molecule has 10 heteroatoms. The van der Waals surface area contributed by atoms with Crippen molar-refractivity contribution in [2.45, 2.75) is 26.4 Å². The van der Waals surface area contributed by atoms with Gasteiger partial charge in [0.05, 0.1) is 19.1 Å². The molecule has 26 heavy (non-hydrogen) atoms. The zero-order valence-electron chi connectivity index (χ0n) is 14.6. The van der Waals surface area contributed by atoms with Gasteiger partial charge in [-0.25, -0.2) is 9.67 Å². The molecule has 2 rings (SSSR count). The monoisotopic (exact) mass is 402 g/mol. The van der Waals surface area contributed by atoms with Gasteiger partial charge in [0.25, 0.3) is 0 Å². The van der Waals surface area contributed by atoms with Gasteiger partial charge >= 0.3 is 0 Å². The summed E-state index contributed by atoms with van der Waals surface area (Å²) in [4.78, 5) is 27.5. The van der Waals surface area contributed by atoms with Crippen LogP contribution in [0, 0.1) is 5.92 Å². The maximum Gasteiger partial charge on any atom is 0.243 e. The van der Waals surface area contributed by atoms with Crippen molar-refractivity contribution in [1.29, 1.82) is 0 Å². The van der Waals surface area contributed by atoms with Gasteiger partial charge in [0.2, 0.25) is 11.8 Å². The van der Waals surface area contributed by atoms with Gasteiger partial charge < -0.3 is 16.4 Å². The van der Waals surface area contributed by atoms with Gasteiger partial charge in [0.15, 0.2) is 0 Å². The summed E-state index contributed by atoms with van der Waals surface area (Å²) < 4.78 is 1.71. The number of carbonyl (C=O) groups excluding carboxylic acids is 2. The molecule has 0 saturated carbocycles. The molecule has 4 N–H and O–H groups in total. The predicted octanol–water partition coefficient (Wildman–Crippen LogP) is 1.21.